The minimum Gasteiger partial charge on any atom is -0.497 e. The maximum absolute atomic E-state index is 12.8. The lowest BCUT2D eigenvalue weighted by Gasteiger charge is -2.16. The second-order valence-electron chi connectivity index (χ2n) is 7.08. The lowest BCUT2D eigenvalue weighted by Crippen LogP contribution is -2.23. The van der Waals surface area contributed by atoms with Crippen LogP contribution in [0.4, 0.5) is 5.69 Å². The van der Waals surface area contributed by atoms with Crippen molar-refractivity contribution in [1.82, 2.24) is 4.57 Å². The summed E-state index contributed by atoms with van der Waals surface area (Å²) in [4.78, 5) is 12.8. The molecule has 1 aromatic heterocycles. The van der Waals surface area contributed by atoms with Crippen LogP contribution in [0.5, 0.6) is 11.5 Å². The fourth-order valence-electron chi connectivity index (χ4n) is 3.41. The molecule has 0 radical (unpaired) electrons. The van der Waals surface area contributed by atoms with Crippen molar-refractivity contribution in [2.24, 2.45) is 0 Å². The zero-order valence-corrected chi connectivity index (χ0v) is 17.0. The van der Waals surface area contributed by atoms with E-state index in [1.54, 1.807) is 7.11 Å². The van der Waals surface area contributed by atoms with Gasteiger partial charge in [-0.25, -0.2) is 0 Å². The Morgan fingerprint density at radius 1 is 0.967 bits per heavy atom. The summed E-state index contributed by atoms with van der Waals surface area (Å²) in [6.07, 6.45) is 1.93. The van der Waals surface area contributed by atoms with Gasteiger partial charge in [0.25, 0.3) is 0 Å². The Balaban J connectivity index is 1.51. The van der Waals surface area contributed by atoms with E-state index in [1.807, 2.05) is 96.6 Å². The maximum Gasteiger partial charge on any atom is 0.247 e. The Morgan fingerprint density at radius 2 is 1.73 bits per heavy atom. The number of nitrogens with zero attached hydrogens (tertiary/aromatic N) is 1. The van der Waals surface area contributed by atoms with E-state index in [0.717, 1.165) is 33.7 Å². The minimum atomic E-state index is -0.381. The first kappa shape index (κ1) is 19.6. The van der Waals surface area contributed by atoms with E-state index in [9.17, 15) is 4.79 Å². The molecular formula is C25H24N2O3. The predicted molar refractivity (Wildman–Crippen MR) is 119 cm³/mol. The average molecular weight is 400 g/mol. The van der Waals surface area contributed by atoms with E-state index in [0.29, 0.717) is 6.61 Å². The Hall–Kier alpha value is -3.73. The molecule has 0 bridgehead atoms. The molecule has 1 atom stereocenters. The summed E-state index contributed by atoms with van der Waals surface area (Å²) in [6, 6.07) is 24.9. The molecule has 3 aromatic carbocycles. The molecule has 1 amide bonds. The number of rotatable bonds is 7. The van der Waals surface area contributed by atoms with Crippen molar-refractivity contribution in [2.75, 3.05) is 12.4 Å². The summed E-state index contributed by atoms with van der Waals surface area (Å²) in [7, 11) is 1.62. The number of amides is 1. The standard InChI is InChI=1S/C25H24N2O3/c1-18(25(28)26-20-11-13-21(29-2)14-12-20)27-16-15-22-23(27)9-6-10-24(22)30-17-19-7-4-3-5-8-19/h3-16,18H,17H2,1-2H3,(H,26,28). The zero-order valence-electron chi connectivity index (χ0n) is 17.0. The Morgan fingerprint density at radius 3 is 2.47 bits per heavy atom. The Labute approximate surface area is 175 Å². The third-order valence-electron chi connectivity index (χ3n) is 5.11. The van der Waals surface area contributed by atoms with Crippen molar-refractivity contribution in [3.63, 3.8) is 0 Å². The molecule has 0 saturated carbocycles. The Bertz CT molecular complexity index is 1130. The number of carbonyl (C=O) groups excluding carboxylic acids is 1. The highest BCUT2D eigenvalue weighted by molar-refractivity contribution is 5.95. The summed E-state index contributed by atoms with van der Waals surface area (Å²) in [5.41, 5.74) is 2.80. The first-order chi connectivity index (χ1) is 14.7. The van der Waals surface area contributed by atoms with Crippen molar-refractivity contribution in [3.05, 3.63) is 90.6 Å². The van der Waals surface area contributed by atoms with E-state index >= 15 is 0 Å². The summed E-state index contributed by atoms with van der Waals surface area (Å²) in [6.45, 7) is 2.38. The van der Waals surface area contributed by atoms with Gasteiger partial charge in [0, 0.05) is 17.3 Å². The van der Waals surface area contributed by atoms with Crippen LogP contribution in [0.3, 0.4) is 0 Å². The SMILES string of the molecule is COc1ccc(NC(=O)C(C)n2ccc3c(OCc4ccccc4)cccc32)cc1. The van der Waals surface area contributed by atoms with Gasteiger partial charge in [-0.1, -0.05) is 36.4 Å². The van der Waals surface area contributed by atoms with Crippen molar-refractivity contribution < 1.29 is 14.3 Å². The number of ether oxygens (including phenoxy) is 2. The number of hydrogen-bond donors (Lipinski definition) is 1. The monoisotopic (exact) mass is 400 g/mol. The van der Waals surface area contributed by atoms with Crippen LogP contribution in [0, 0.1) is 0 Å². The summed E-state index contributed by atoms with van der Waals surface area (Å²) in [5.74, 6) is 1.46. The molecule has 0 aliphatic carbocycles. The van der Waals surface area contributed by atoms with E-state index in [4.69, 9.17) is 9.47 Å². The van der Waals surface area contributed by atoms with Crippen LogP contribution in [-0.4, -0.2) is 17.6 Å². The number of methoxy groups -OCH3 is 1. The average Bonchev–Trinajstić information content (AvgIpc) is 3.23. The number of benzene rings is 3. The highest BCUT2D eigenvalue weighted by Gasteiger charge is 2.18. The maximum atomic E-state index is 12.8. The third-order valence-corrected chi connectivity index (χ3v) is 5.11. The summed E-state index contributed by atoms with van der Waals surface area (Å²) < 4.78 is 13.2. The van der Waals surface area contributed by atoms with Gasteiger partial charge in [-0.2, -0.15) is 0 Å². The smallest absolute Gasteiger partial charge is 0.247 e. The normalized spacial score (nSPS) is 11.8. The third kappa shape index (κ3) is 4.15. The molecule has 4 rings (SSSR count). The molecule has 0 spiro atoms. The molecular weight excluding hydrogens is 376 g/mol. The first-order valence-corrected chi connectivity index (χ1v) is 9.87. The number of nitrogens with one attached hydrogen (secondary N) is 1. The van der Waals surface area contributed by atoms with Gasteiger partial charge in [-0.3, -0.25) is 4.79 Å². The lowest BCUT2D eigenvalue weighted by atomic mass is 10.2. The van der Waals surface area contributed by atoms with E-state index < -0.39 is 0 Å². The van der Waals surface area contributed by atoms with Crippen molar-refractivity contribution in [1.29, 1.82) is 0 Å². The quantitative estimate of drug-likeness (QED) is 0.450. The van der Waals surface area contributed by atoms with Gasteiger partial charge in [-0.05, 0) is 55.0 Å². The van der Waals surface area contributed by atoms with Crippen LogP contribution in [0.2, 0.25) is 0 Å². The number of anilines is 1. The van der Waals surface area contributed by atoms with Gasteiger partial charge >= 0.3 is 0 Å². The highest BCUT2D eigenvalue weighted by atomic mass is 16.5. The van der Waals surface area contributed by atoms with Gasteiger partial charge in [0.1, 0.15) is 24.1 Å². The molecule has 1 unspecified atom stereocenters. The van der Waals surface area contributed by atoms with Gasteiger partial charge < -0.3 is 19.4 Å². The second-order valence-corrected chi connectivity index (χ2v) is 7.08. The number of carbonyl (C=O) groups is 1. The molecule has 5 nitrogen and oxygen atoms in total. The Kier molecular flexibility index (Phi) is 5.70. The first-order valence-electron chi connectivity index (χ1n) is 9.87. The fraction of sp³-hybridized carbons (Fsp3) is 0.160. The molecule has 4 aromatic rings. The zero-order chi connectivity index (χ0) is 20.9. The van der Waals surface area contributed by atoms with E-state index in [-0.39, 0.29) is 11.9 Å². The van der Waals surface area contributed by atoms with Gasteiger partial charge in [0.15, 0.2) is 0 Å². The fourth-order valence-corrected chi connectivity index (χ4v) is 3.41. The van der Waals surface area contributed by atoms with Crippen molar-refractivity contribution in [2.45, 2.75) is 19.6 Å². The molecule has 0 saturated heterocycles. The molecule has 1 heterocycles. The summed E-state index contributed by atoms with van der Waals surface area (Å²) in [5, 5.41) is 3.94. The second kappa shape index (κ2) is 8.74. The number of fused-ring (bicyclic) bond motifs is 1. The van der Waals surface area contributed by atoms with Crippen LogP contribution in [0.1, 0.15) is 18.5 Å². The summed E-state index contributed by atoms with van der Waals surface area (Å²) >= 11 is 0. The van der Waals surface area contributed by atoms with Crippen molar-refractivity contribution in [3.8, 4) is 11.5 Å². The van der Waals surface area contributed by atoms with Crippen LogP contribution in [-0.2, 0) is 11.4 Å². The molecule has 5 heteroatoms. The number of aromatic nitrogens is 1. The minimum absolute atomic E-state index is 0.0896. The van der Waals surface area contributed by atoms with Gasteiger partial charge in [0.2, 0.25) is 5.91 Å². The molecule has 0 aliphatic rings. The van der Waals surface area contributed by atoms with Crippen LogP contribution in [0.25, 0.3) is 10.9 Å². The van der Waals surface area contributed by atoms with Crippen LogP contribution < -0.4 is 14.8 Å². The van der Waals surface area contributed by atoms with E-state index in [1.165, 1.54) is 0 Å². The molecule has 152 valence electrons. The molecule has 0 aliphatic heterocycles. The molecule has 0 fully saturated rings. The molecule has 30 heavy (non-hydrogen) atoms. The lowest BCUT2D eigenvalue weighted by molar-refractivity contribution is -0.118. The topological polar surface area (TPSA) is 52.5 Å². The number of hydrogen-bond acceptors (Lipinski definition) is 3. The van der Waals surface area contributed by atoms with Crippen molar-refractivity contribution >= 4 is 22.5 Å². The van der Waals surface area contributed by atoms with Gasteiger partial charge in [0.05, 0.1) is 12.6 Å². The molecule has 1 N–H and O–H groups in total. The van der Waals surface area contributed by atoms with Gasteiger partial charge in [-0.15, -0.1) is 0 Å². The van der Waals surface area contributed by atoms with Crippen LogP contribution in [0.15, 0.2) is 85.1 Å². The van der Waals surface area contributed by atoms with Crippen LogP contribution >= 0.6 is 0 Å². The highest BCUT2D eigenvalue weighted by Crippen LogP contribution is 2.29. The van der Waals surface area contributed by atoms with E-state index in [2.05, 4.69) is 5.32 Å². The largest absolute Gasteiger partial charge is 0.497 e. The predicted octanol–water partition coefficient (Wildman–Crippen LogP) is 5.43.